The monoisotopic (exact) mass is 281 g/mol. The third kappa shape index (κ3) is 2.71. The van der Waals surface area contributed by atoms with E-state index < -0.39 is 5.97 Å². The number of rotatable bonds is 4. The van der Waals surface area contributed by atoms with Crippen LogP contribution < -0.4 is 0 Å². The molecule has 0 atom stereocenters. The molecule has 21 heavy (non-hydrogen) atoms. The molecule has 0 fully saturated rings. The van der Waals surface area contributed by atoms with Crippen molar-refractivity contribution in [3.8, 4) is 5.69 Å². The molecule has 0 radical (unpaired) electrons. The smallest absolute Gasteiger partial charge is 0.335 e. The molecule has 0 spiro atoms. The van der Waals surface area contributed by atoms with Gasteiger partial charge in [0.25, 0.3) is 0 Å². The molecular formula is C14H11N5O2. The van der Waals surface area contributed by atoms with Gasteiger partial charge in [-0.15, -0.1) is 10.2 Å². The zero-order valence-corrected chi connectivity index (χ0v) is 10.9. The fourth-order valence-corrected chi connectivity index (χ4v) is 1.90. The Hall–Kier alpha value is -3.22. The van der Waals surface area contributed by atoms with Gasteiger partial charge in [0, 0.05) is 11.9 Å². The van der Waals surface area contributed by atoms with E-state index in [1.807, 2.05) is 29.0 Å². The predicted octanol–water partition coefficient (Wildman–Crippen LogP) is 1.65. The topological polar surface area (TPSA) is 85.3 Å². The summed E-state index contributed by atoms with van der Waals surface area (Å²) in [5.41, 5.74) is 1.80. The van der Waals surface area contributed by atoms with Gasteiger partial charge in [-0.3, -0.25) is 0 Å². The number of hydrogen-bond donors (Lipinski definition) is 1. The van der Waals surface area contributed by atoms with Gasteiger partial charge in [-0.1, -0.05) is 6.07 Å². The zero-order valence-electron chi connectivity index (χ0n) is 10.9. The fraction of sp³-hybridized carbons (Fsp3) is 0. The molecule has 2 heterocycles. The highest BCUT2D eigenvalue weighted by Gasteiger charge is 2.06. The van der Waals surface area contributed by atoms with Gasteiger partial charge in [-0.05, 0) is 30.3 Å². The number of hydrogen-bond acceptors (Lipinski definition) is 4. The third-order valence-electron chi connectivity index (χ3n) is 2.88. The molecule has 1 N–H and O–H groups in total. The van der Waals surface area contributed by atoms with Crippen LogP contribution in [0.3, 0.4) is 0 Å². The summed E-state index contributed by atoms with van der Waals surface area (Å²) in [6.45, 7) is 0. The molecule has 0 saturated heterocycles. The lowest BCUT2D eigenvalue weighted by atomic mass is 10.2. The van der Waals surface area contributed by atoms with Crippen molar-refractivity contribution in [1.29, 1.82) is 0 Å². The van der Waals surface area contributed by atoms with Crippen LogP contribution in [-0.2, 0) is 0 Å². The molecular weight excluding hydrogens is 270 g/mol. The maximum atomic E-state index is 11.0. The first-order chi connectivity index (χ1) is 10.2. The Morgan fingerprint density at radius 2 is 2.00 bits per heavy atom. The molecule has 3 rings (SSSR count). The van der Waals surface area contributed by atoms with Gasteiger partial charge >= 0.3 is 5.97 Å². The van der Waals surface area contributed by atoms with Crippen molar-refractivity contribution in [2.75, 3.05) is 0 Å². The van der Waals surface area contributed by atoms with E-state index in [0.717, 1.165) is 11.4 Å². The summed E-state index contributed by atoms with van der Waals surface area (Å²) in [7, 11) is 0. The average Bonchev–Trinajstić information content (AvgIpc) is 3.16. The van der Waals surface area contributed by atoms with Crippen molar-refractivity contribution in [2.45, 2.75) is 0 Å². The van der Waals surface area contributed by atoms with Crippen LogP contribution in [0.2, 0.25) is 0 Å². The lowest BCUT2D eigenvalue weighted by molar-refractivity contribution is 0.0697. The molecule has 0 aliphatic carbocycles. The first kappa shape index (κ1) is 12.8. The molecule has 0 bridgehead atoms. The third-order valence-corrected chi connectivity index (χ3v) is 2.88. The normalized spacial score (nSPS) is 11.0. The molecule has 3 aromatic rings. The Balaban J connectivity index is 1.95. The van der Waals surface area contributed by atoms with Crippen molar-refractivity contribution < 1.29 is 9.90 Å². The molecule has 0 aliphatic heterocycles. The van der Waals surface area contributed by atoms with E-state index in [1.165, 1.54) is 17.3 Å². The minimum atomic E-state index is -0.955. The van der Waals surface area contributed by atoms with Crippen LogP contribution in [0.5, 0.6) is 0 Å². The highest BCUT2D eigenvalue weighted by molar-refractivity contribution is 5.88. The highest BCUT2D eigenvalue weighted by atomic mass is 16.4. The average molecular weight is 281 g/mol. The van der Waals surface area contributed by atoms with Crippen LogP contribution in [0, 0.1) is 0 Å². The first-order valence-electron chi connectivity index (χ1n) is 6.14. The van der Waals surface area contributed by atoms with Crippen molar-refractivity contribution >= 4 is 12.2 Å². The number of carbonyl (C=O) groups is 1. The Bertz CT molecular complexity index is 789. The van der Waals surface area contributed by atoms with Gasteiger partial charge in [0.15, 0.2) is 0 Å². The van der Waals surface area contributed by atoms with Crippen LogP contribution in [0.1, 0.15) is 16.1 Å². The molecule has 0 aliphatic rings. The highest BCUT2D eigenvalue weighted by Crippen LogP contribution is 2.13. The van der Waals surface area contributed by atoms with E-state index in [9.17, 15) is 4.79 Å². The van der Waals surface area contributed by atoms with Crippen LogP contribution in [0.4, 0.5) is 0 Å². The summed E-state index contributed by atoms with van der Waals surface area (Å²) < 4.78 is 3.32. The molecule has 0 unspecified atom stereocenters. The SMILES string of the molecule is O=C(O)c1cccc(-n2cccc2/C=N/n2cnnc2)c1. The van der Waals surface area contributed by atoms with Crippen molar-refractivity contribution in [1.82, 2.24) is 19.4 Å². The molecule has 0 amide bonds. The molecule has 7 heteroatoms. The van der Waals surface area contributed by atoms with E-state index >= 15 is 0 Å². The summed E-state index contributed by atoms with van der Waals surface area (Å²) in [4.78, 5) is 11.0. The molecule has 104 valence electrons. The maximum absolute atomic E-state index is 11.0. The summed E-state index contributed by atoms with van der Waals surface area (Å²) >= 11 is 0. The van der Waals surface area contributed by atoms with Crippen LogP contribution in [0.15, 0.2) is 60.4 Å². The van der Waals surface area contributed by atoms with Crippen molar-refractivity contribution in [3.05, 3.63) is 66.5 Å². The quantitative estimate of drug-likeness (QED) is 0.737. The van der Waals surface area contributed by atoms with Crippen LogP contribution in [0.25, 0.3) is 5.69 Å². The second-order valence-corrected chi connectivity index (χ2v) is 4.24. The summed E-state index contributed by atoms with van der Waals surface area (Å²) in [5, 5.41) is 20.6. The number of carboxylic acid groups (broad SMARTS) is 1. The van der Waals surface area contributed by atoms with E-state index in [4.69, 9.17) is 5.11 Å². The van der Waals surface area contributed by atoms with Gasteiger partial charge in [0.05, 0.1) is 17.5 Å². The Morgan fingerprint density at radius 1 is 1.19 bits per heavy atom. The minimum Gasteiger partial charge on any atom is -0.478 e. The second kappa shape index (κ2) is 5.41. The fourth-order valence-electron chi connectivity index (χ4n) is 1.90. The first-order valence-corrected chi connectivity index (χ1v) is 6.14. The summed E-state index contributed by atoms with van der Waals surface area (Å²) in [5.74, 6) is -0.955. The van der Waals surface area contributed by atoms with Gasteiger partial charge in [-0.25, -0.2) is 9.47 Å². The second-order valence-electron chi connectivity index (χ2n) is 4.24. The van der Waals surface area contributed by atoms with E-state index in [1.54, 1.807) is 24.4 Å². The van der Waals surface area contributed by atoms with Gasteiger partial charge in [0.2, 0.25) is 0 Å². The lowest BCUT2D eigenvalue weighted by Gasteiger charge is -2.07. The van der Waals surface area contributed by atoms with Crippen molar-refractivity contribution in [2.24, 2.45) is 5.10 Å². The zero-order chi connectivity index (χ0) is 14.7. The van der Waals surface area contributed by atoms with E-state index in [2.05, 4.69) is 15.3 Å². The van der Waals surface area contributed by atoms with Crippen LogP contribution >= 0.6 is 0 Å². The Kier molecular flexibility index (Phi) is 3.30. The predicted molar refractivity (Wildman–Crippen MR) is 75.7 cm³/mol. The number of nitrogens with zero attached hydrogens (tertiary/aromatic N) is 5. The Morgan fingerprint density at radius 3 is 2.76 bits per heavy atom. The van der Waals surface area contributed by atoms with Crippen molar-refractivity contribution in [3.63, 3.8) is 0 Å². The summed E-state index contributed by atoms with van der Waals surface area (Å²) in [6, 6.07) is 10.4. The lowest BCUT2D eigenvalue weighted by Crippen LogP contribution is -2.02. The molecule has 2 aromatic heterocycles. The minimum absolute atomic E-state index is 0.239. The molecule has 1 aromatic carbocycles. The van der Waals surface area contributed by atoms with Gasteiger partial charge in [-0.2, -0.15) is 5.10 Å². The Labute approximate surface area is 119 Å². The van der Waals surface area contributed by atoms with Gasteiger partial charge < -0.3 is 9.67 Å². The number of carboxylic acids is 1. The summed E-state index contributed by atoms with van der Waals surface area (Å²) in [6.07, 6.45) is 6.45. The van der Waals surface area contributed by atoms with E-state index in [-0.39, 0.29) is 5.56 Å². The maximum Gasteiger partial charge on any atom is 0.335 e. The number of aromatic nitrogens is 4. The largest absolute Gasteiger partial charge is 0.478 e. The number of aromatic carboxylic acids is 1. The standard InChI is InChI=1S/C14H11N5O2/c20-14(21)11-3-1-4-12(7-11)19-6-2-5-13(19)8-17-18-9-15-16-10-18/h1-10H,(H,20,21)/b17-8+. The van der Waals surface area contributed by atoms with Crippen LogP contribution in [-0.4, -0.2) is 36.7 Å². The molecule has 0 saturated carbocycles. The number of benzene rings is 1. The van der Waals surface area contributed by atoms with E-state index in [0.29, 0.717) is 0 Å². The van der Waals surface area contributed by atoms with Gasteiger partial charge in [0.1, 0.15) is 12.7 Å². The molecule has 7 nitrogen and oxygen atoms in total.